The number of nitrogens with two attached hydrogens (primary N) is 1. The Kier molecular flexibility index (Phi) is 13.4. The maximum absolute atomic E-state index is 13.2. The number of anilines is 2. The summed E-state index contributed by atoms with van der Waals surface area (Å²) in [6, 6.07) is 7.14. The predicted octanol–water partition coefficient (Wildman–Crippen LogP) is 3.99. The molecule has 0 aliphatic carbocycles. The Labute approximate surface area is 291 Å². The number of thiazole rings is 1. The number of carbonyl (C=O) groups is 5. The molecule has 1 aromatic heterocycles. The highest BCUT2D eigenvalue weighted by atomic mass is 32.1. The first kappa shape index (κ1) is 39.0. The Balaban J connectivity index is 1.69. The number of nitrogens with zero attached hydrogens (tertiary/aromatic N) is 2. The van der Waals surface area contributed by atoms with Crippen LogP contribution in [0.5, 0.6) is 0 Å². The van der Waals surface area contributed by atoms with E-state index in [-0.39, 0.29) is 17.7 Å². The summed E-state index contributed by atoms with van der Waals surface area (Å²) in [7, 11) is 0. The standard InChI is InChI=1S/C33H49N7O8S/c1-21(41)36-29-37-24(26(49-29)27(43)35-16-8-9-25(42)40-17-19-46-20-18-40)15-12-22-10-13-23(14-11-22)38-33(31(2,3)4,47-28(34)44)48-30(45)39-32(5,6)7/h10-11,13-14,38H,8-9,12,15-20H2,1-7H3,(H2,34,44)(H,35,43)(H,39,45)(H,36,37,41). The lowest BCUT2D eigenvalue weighted by atomic mass is 9.90. The van der Waals surface area contributed by atoms with Crippen LogP contribution >= 0.6 is 11.3 Å². The van der Waals surface area contributed by atoms with Crippen LogP contribution in [0.15, 0.2) is 24.3 Å². The van der Waals surface area contributed by atoms with E-state index in [0.717, 1.165) is 16.9 Å². The lowest BCUT2D eigenvalue weighted by molar-refractivity contribution is -0.202. The number of nitrogens with one attached hydrogen (secondary N) is 4. The molecule has 2 heterocycles. The van der Waals surface area contributed by atoms with Gasteiger partial charge in [-0.2, -0.15) is 0 Å². The number of aryl methyl sites for hydroxylation is 2. The second-order valence-electron chi connectivity index (χ2n) is 13.7. The molecule has 15 nitrogen and oxygen atoms in total. The van der Waals surface area contributed by atoms with Gasteiger partial charge in [0.1, 0.15) is 4.88 Å². The van der Waals surface area contributed by atoms with Crippen LogP contribution < -0.4 is 27.0 Å². The van der Waals surface area contributed by atoms with Crippen LogP contribution in [0.25, 0.3) is 0 Å². The monoisotopic (exact) mass is 703 g/mol. The summed E-state index contributed by atoms with van der Waals surface area (Å²) in [5.41, 5.74) is 5.74. The van der Waals surface area contributed by atoms with E-state index in [9.17, 15) is 24.0 Å². The third-order valence-corrected chi connectivity index (χ3v) is 8.27. The predicted molar refractivity (Wildman–Crippen MR) is 185 cm³/mol. The number of morpholine rings is 1. The van der Waals surface area contributed by atoms with E-state index < -0.39 is 29.1 Å². The molecule has 0 radical (unpaired) electrons. The van der Waals surface area contributed by atoms with Crippen molar-refractivity contribution in [2.75, 3.05) is 43.5 Å². The Morgan fingerprint density at radius 3 is 2.20 bits per heavy atom. The van der Waals surface area contributed by atoms with E-state index >= 15 is 0 Å². The summed E-state index contributed by atoms with van der Waals surface area (Å²) in [5, 5.41) is 11.6. The van der Waals surface area contributed by atoms with Gasteiger partial charge in [-0.3, -0.25) is 14.4 Å². The summed E-state index contributed by atoms with van der Waals surface area (Å²) in [5.74, 6) is -2.54. The molecule has 1 saturated heterocycles. The van der Waals surface area contributed by atoms with Gasteiger partial charge in [0, 0.05) is 44.2 Å². The first-order valence-corrected chi connectivity index (χ1v) is 17.0. The molecule has 2 aromatic rings. The van der Waals surface area contributed by atoms with Crippen LogP contribution in [-0.4, -0.2) is 84.1 Å². The second-order valence-corrected chi connectivity index (χ2v) is 14.7. The van der Waals surface area contributed by atoms with Gasteiger partial charge < -0.3 is 46.1 Å². The van der Waals surface area contributed by atoms with Crippen molar-refractivity contribution in [1.82, 2.24) is 20.5 Å². The molecule has 3 rings (SSSR count). The maximum Gasteiger partial charge on any atom is 0.412 e. The third-order valence-electron chi connectivity index (χ3n) is 7.26. The minimum absolute atomic E-state index is 0.0354. The molecule has 5 amide bonds. The van der Waals surface area contributed by atoms with Gasteiger partial charge in [-0.15, -0.1) is 0 Å². The molecule has 49 heavy (non-hydrogen) atoms. The average molecular weight is 704 g/mol. The second kappa shape index (κ2) is 16.8. The van der Waals surface area contributed by atoms with Gasteiger partial charge in [-0.1, -0.05) is 44.2 Å². The molecule has 270 valence electrons. The van der Waals surface area contributed by atoms with Crippen molar-refractivity contribution in [3.63, 3.8) is 0 Å². The van der Waals surface area contributed by atoms with Crippen molar-refractivity contribution in [3.05, 3.63) is 40.4 Å². The molecule has 1 aliphatic heterocycles. The zero-order chi connectivity index (χ0) is 36.4. The van der Waals surface area contributed by atoms with E-state index in [2.05, 4.69) is 26.3 Å². The lowest BCUT2D eigenvalue weighted by Crippen LogP contribution is -2.59. The molecule has 1 unspecified atom stereocenters. The molecule has 6 N–H and O–H groups in total. The Morgan fingerprint density at radius 1 is 0.980 bits per heavy atom. The largest absolute Gasteiger partial charge is 0.412 e. The zero-order valence-corrected chi connectivity index (χ0v) is 30.1. The molecule has 16 heteroatoms. The number of ether oxygens (including phenoxy) is 3. The van der Waals surface area contributed by atoms with Gasteiger partial charge in [0.25, 0.3) is 5.91 Å². The van der Waals surface area contributed by atoms with E-state index in [1.165, 1.54) is 6.92 Å². The summed E-state index contributed by atoms with van der Waals surface area (Å²) < 4.78 is 16.4. The highest BCUT2D eigenvalue weighted by Crippen LogP contribution is 2.37. The van der Waals surface area contributed by atoms with Crippen LogP contribution in [0, 0.1) is 5.41 Å². The molecular formula is C33H49N7O8S. The van der Waals surface area contributed by atoms with Gasteiger partial charge in [0.2, 0.25) is 11.8 Å². The maximum atomic E-state index is 13.2. The number of benzene rings is 1. The van der Waals surface area contributed by atoms with Crippen molar-refractivity contribution in [3.8, 4) is 0 Å². The smallest absolute Gasteiger partial charge is 0.387 e. The number of hydrogen-bond donors (Lipinski definition) is 5. The lowest BCUT2D eigenvalue weighted by Gasteiger charge is -2.42. The highest BCUT2D eigenvalue weighted by Gasteiger charge is 2.50. The minimum Gasteiger partial charge on any atom is -0.387 e. The van der Waals surface area contributed by atoms with Crippen molar-refractivity contribution in [2.24, 2.45) is 11.1 Å². The number of amides is 5. The Hall–Kier alpha value is -4.44. The fourth-order valence-corrected chi connectivity index (χ4v) is 5.75. The first-order chi connectivity index (χ1) is 22.9. The number of alkyl carbamates (subject to hydrolysis) is 1. The number of primary amides is 1. The fourth-order valence-electron chi connectivity index (χ4n) is 4.77. The molecular weight excluding hydrogens is 654 g/mol. The summed E-state index contributed by atoms with van der Waals surface area (Å²) >= 11 is 1.09. The molecule has 0 bridgehead atoms. The third kappa shape index (κ3) is 12.2. The number of hydrogen-bond acceptors (Lipinski definition) is 11. The number of carbonyl (C=O) groups excluding carboxylic acids is 5. The van der Waals surface area contributed by atoms with Gasteiger partial charge in [0.15, 0.2) is 5.13 Å². The van der Waals surface area contributed by atoms with E-state index in [1.807, 2.05) is 12.1 Å². The minimum atomic E-state index is -1.95. The van der Waals surface area contributed by atoms with Gasteiger partial charge in [-0.25, -0.2) is 14.6 Å². The van der Waals surface area contributed by atoms with Gasteiger partial charge in [-0.05, 0) is 57.7 Å². The summed E-state index contributed by atoms with van der Waals surface area (Å²) in [4.78, 5) is 68.7. The SMILES string of the molecule is CC(=O)Nc1nc(CCc2ccc(NC(OC(N)=O)(OC(=O)NC(C)(C)C)C(C)(C)C)cc2)c(C(=O)NCCCC(=O)N2CCOCC2)s1. The normalized spacial score (nSPS) is 14.6. The van der Waals surface area contributed by atoms with Crippen molar-refractivity contribution < 1.29 is 38.2 Å². The Bertz CT molecular complexity index is 1480. The Morgan fingerprint density at radius 2 is 1.63 bits per heavy atom. The highest BCUT2D eigenvalue weighted by molar-refractivity contribution is 7.17. The number of rotatable bonds is 13. The molecule has 1 atom stereocenters. The van der Waals surface area contributed by atoms with Crippen molar-refractivity contribution >= 4 is 52.1 Å². The van der Waals surface area contributed by atoms with Crippen LogP contribution in [-0.2, 0) is 36.6 Å². The average Bonchev–Trinajstić information content (AvgIpc) is 3.39. The summed E-state index contributed by atoms with van der Waals surface area (Å²) in [6.07, 6.45) is -0.234. The molecule has 0 spiro atoms. The topological polar surface area (TPSA) is 203 Å². The number of aromatic nitrogens is 1. The van der Waals surface area contributed by atoms with Crippen LogP contribution in [0.3, 0.4) is 0 Å². The first-order valence-electron chi connectivity index (χ1n) is 16.2. The van der Waals surface area contributed by atoms with Gasteiger partial charge >= 0.3 is 18.1 Å². The molecule has 1 aromatic carbocycles. The quantitative estimate of drug-likeness (QED) is 0.150. The van der Waals surface area contributed by atoms with Gasteiger partial charge in [0.05, 0.1) is 24.3 Å². The van der Waals surface area contributed by atoms with E-state index in [0.29, 0.717) is 79.9 Å². The van der Waals surface area contributed by atoms with Crippen molar-refractivity contribution in [2.45, 2.75) is 85.6 Å². The molecule has 0 saturated carbocycles. The zero-order valence-electron chi connectivity index (χ0n) is 29.3. The van der Waals surface area contributed by atoms with Crippen LogP contribution in [0.2, 0.25) is 0 Å². The van der Waals surface area contributed by atoms with Crippen LogP contribution in [0.1, 0.15) is 82.2 Å². The van der Waals surface area contributed by atoms with Crippen molar-refractivity contribution in [1.29, 1.82) is 0 Å². The molecule has 1 fully saturated rings. The van der Waals surface area contributed by atoms with E-state index in [1.54, 1.807) is 58.6 Å². The summed E-state index contributed by atoms with van der Waals surface area (Å²) in [6.45, 7) is 14.4. The molecule has 1 aliphatic rings. The fraction of sp³-hybridized carbons (Fsp3) is 0.576. The van der Waals surface area contributed by atoms with Crippen LogP contribution in [0.4, 0.5) is 20.4 Å². The van der Waals surface area contributed by atoms with E-state index in [4.69, 9.17) is 19.9 Å².